The number of unbranched alkanes of at least 4 members (excludes halogenated alkanes) is 1. The van der Waals surface area contributed by atoms with Crippen molar-refractivity contribution in [3.05, 3.63) is 59.7 Å². The van der Waals surface area contributed by atoms with Crippen LogP contribution in [0.1, 0.15) is 30.4 Å². The lowest BCUT2D eigenvalue weighted by Gasteiger charge is -2.20. The maximum Gasteiger partial charge on any atom is 0.169 e. The molecule has 0 fully saturated rings. The van der Waals surface area contributed by atoms with Crippen LogP contribution in [0, 0.1) is 0 Å². The van der Waals surface area contributed by atoms with Gasteiger partial charge in [-0.3, -0.25) is 0 Å². The van der Waals surface area contributed by atoms with Crippen LogP contribution < -0.4 is 26.1 Å². The van der Waals surface area contributed by atoms with Crippen molar-refractivity contribution in [2.45, 2.75) is 38.4 Å². The Morgan fingerprint density at radius 1 is 0.852 bits per heavy atom. The van der Waals surface area contributed by atoms with E-state index in [1.165, 1.54) is 0 Å². The third-order valence-corrected chi connectivity index (χ3v) is 4.44. The summed E-state index contributed by atoms with van der Waals surface area (Å²) in [6.45, 7) is 2.60. The van der Waals surface area contributed by atoms with Crippen LogP contribution in [0.15, 0.2) is 48.5 Å². The summed E-state index contributed by atoms with van der Waals surface area (Å²) in [4.78, 5) is 8.84. The van der Waals surface area contributed by atoms with Crippen molar-refractivity contribution in [2.24, 2.45) is 5.73 Å². The molecule has 2 aromatic carbocycles. The molecule has 2 aromatic rings. The maximum absolute atomic E-state index is 8.99. The highest BCUT2D eigenvalue weighted by Gasteiger charge is 2.11. The molecule has 0 saturated heterocycles. The summed E-state index contributed by atoms with van der Waals surface area (Å²) in [7, 11) is 0. The molecular formula is C20H29N3O4. The molecule has 0 aliphatic rings. The van der Waals surface area contributed by atoms with Gasteiger partial charge in [0.25, 0.3) is 0 Å². The third-order valence-electron chi connectivity index (χ3n) is 4.44. The van der Waals surface area contributed by atoms with E-state index < -0.39 is 0 Å². The van der Waals surface area contributed by atoms with E-state index in [0.29, 0.717) is 31.1 Å². The SMILES string of the molecule is NCCCCC(CNCc1ccccc1OO)NCc1ccccc1OO. The van der Waals surface area contributed by atoms with Gasteiger partial charge in [0.1, 0.15) is 0 Å². The lowest BCUT2D eigenvalue weighted by molar-refractivity contribution is -0.138. The molecule has 27 heavy (non-hydrogen) atoms. The number of hydrogen-bond donors (Lipinski definition) is 5. The highest BCUT2D eigenvalue weighted by Crippen LogP contribution is 2.18. The lowest BCUT2D eigenvalue weighted by atomic mass is 10.1. The summed E-state index contributed by atoms with van der Waals surface area (Å²) < 4.78 is 0. The average Bonchev–Trinajstić information content (AvgIpc) is 2.72. The fraction of sp³-hybridized carbons (Fsp3) is 0.400. The van der Waals surface area contributed by atoms with Gasteiger partial charge in [0, 0.05) is 36.8 Å². The molecule has 0 radical (unpaired) electrons. The van der Waals surface area contributed by atoms with Crippen molar-refractivity contribution in [3.63, 3.8) is 0 Å². The zero-order valence-electron chi connectivity index (χ0n) is 15.4. The fourth-order valence-corrected chi connectivity index (χ4v) is 2.92. The van der Waals surface area contributed by atoms with Gasteiger partial charge in [0.2, 0.25) is 0 Å². The Bertz CT molecular complexity index is 669. The monoisotopic (exact) mass is 375 g/mol. The highest BCUT2D eigenvalue weighted by molar-refractivity contribution is 5.33. The van der Waals surface area contributed by atoms with Crippen molar-refractivity contribution in [1.29, 1.82) is 0 Å². The molecule has 0 saturated carbocycles. The van der Waals surface area contributed by atoms with Crippen LogP contribution in [0.3, 0.4) is 0 Å². The van der Waals surface area contributed by atoms with E-state index >= 15 is 0 Å². The Kier molecular flexibility index (Phi) is 9.61. The van der Waals surface area contributed by atoms with E-state index in [1.54, 1.807) is 12.1 Å². The van der Waals surface area contributed by atoms with E-state index in [0.717, 1.165) is 36.9 Å². The predicted molar refractivity (Wildman–Crippen MR) is 105 cm³/mol. The molecule has 0 heterocycles. The second kappa shape index (κ2) is 12.3. The molecule has 0 aromatic heterocycles. The summed E-state index contributed by atoms with van der Waals surface area (Å²) in [5.74, 6) is 0.902. The van der Waals surface area contributed by atoms with Gasteiger partial charge in [-0.05, 0) is 31.5 Å². The van der Waals surface area contributed by atoms with Gasteiger partial charge < -0.3 is 26.1 Å². The minimum Gasteiger partial charge on any atom is -0.340 e. The number of benzene rings is 2. The first-order valence-corrected chi connectivity index (χ1v) is 9.21. The number of nitrogens with one attached hydrogen (secondary N) is 2. The van der Waals surface area contributed by atoms with Gasteiger partial charge in [-0.25, -0.2) is 10.5 Å². The minimum absolute atomic E-state index is 0.227. The van der Waals surface area contributed by atoms with Crippen molar-refractivity contribution in [1.82, 2.24) is 10.6 Å². The van der Waals surface area contributed by atoms with Crippen molar-refractivity contribution in [3.8, 4) is 11.5 Å². The fourth-order valence-electron chi connectivity index (χ4n) is 2.92. The molecule has 1 unspecified atom stereocenters. The van der Waals surface area contributed by atoms with E-state index in [1.807, 2.05) is 36.4 Å². The van der Waals surface area contributed by atoms with Crippen LogP contribution in [0.2, 0.25) is 0 Å². The molecule has 2 rings (SSSR count). The Balaban J connectivity index is 1.89. The molecule has 6 N–H and O–H groups in total. The topological polar surface area (TPSA) is 109 Å². The summed E-state index contributed by atoms with van der Waals surface area (Å²) in [6, 6.07) is 14.9. The normalized spacial score (nSPS) is 12.0. The summed E-state index contributed by atoms with van der Waals surface area (Å²) in [6.07, 6.45) is 2.99. The average molecular weight is 375 g/mol. The predicted octanol–water partition coefficient (Wildman–Crippen LogP) is 2.77. The molecule has 7 nitrogen and oxygen atoms in total. The first kappa shape index (κ1) is 21.1. The Morgan fingerprint density at radius 3 is 2.04 bits per heavy atom. The summed E-state index contributed by atoms with van der Waals surface area (Å²) in [5, 5.41) is 24.8. The standard InChI is InChI=1S/C20H29N3O4/c21-12-6-5-9-18(23-14-17-8-2-4-11-20(17)27-25)15-22-13-16-7-1-3-10-19(16)26-24/h1-4,7-8,10-11,18,22-25H,5-6,9,12-15,21H2. The quantitative estimate of drug-likeness (QED) is 0.208. The molecule has 1 atom stereocenters. The summed E-state index contributed by atoms with van der Waals surface area (Å²) in [5.41, 5.74) is 7.39. The van der Waals surface area contributed by atoms with Gasteiger partial charge in [0.15, 0.2) is 11.5 Å². The van der Waals surface area contributed by atoms with Crippen LogP contribution >= 0.6 is 0 Å². The lowest BCUT2D eigenvalue weighted by Crippen LogP contribution is -2.38. The van der Waals surface area contributed by atoms with Crippen molar-refractivity contribution >= 4 is 0 Å². The molecule has 0 aliphatic carbocycles. The van der Waals surface area contributed by atoms with Crippen LogP contribution in [-0.2, 0) is 13.1 Å². The van der Waals surface area contributed by atoms with Gasteiger partial charge in [-0.2, -0.15) is 0 Å². The van der Waals surface area contributed by atoms with E-state index in [4.69, 9.17) is 16.2 Å². The van der Waals surface area contributed by atoms with Crippen molar-refractivity contribution < 1.29 is 20.3 Å². The number of hydrogen-bond acceptors (Lipinski definition) is 7. The zero-order chi connectivity index (χ0) is 19.3. The van der Waals surface area contributed by atoms with Gasteiger partial charge in [-0.1, -0.05) is 42.8 Å². The Morgan fingerprint density at radius 2 is 1.44 bits per heavy atom. The van der Waals surface area contributed by atoms with E-state index in [2.05, 4.69) is 20.4 Å². The molecule has 0 spiro atoms. The summed E-state index contributed by atoms with van der Waals surface area (Å²) >= 11 is 0. The maximum atomic E-state index is 8.99. The van der Waals surface area contributed by atoms with Gasteiger partial charge in [0.05, 0.1) is 0 Å². The van der Waals surface area contributed by atoms with Crippen LogP contribution in [-0.4, -0.2) is 29.6 Å². The van der Waals surface area contributed by atoms with Gasteiger partial charge >= 0.3 is 0 Å². The zero-order valence-corrected chi connectivity index (χ0v) is 15.4. The smallest absolute Gasteiger partial charge is 0.169 e. The third kappa shape index (κ3) is 7.16. The Labute approximate surface area is 160 Å². The first-order chi connectivity index (χ1) is 13.3. The van der Waals surface area contributed by atoms with Crippen LogP contribution in [0.25, 0.3) is 0 Å². The minimum atomic E-state index is 0.227. The number of para-hydroxylation sites is 2. The molecule has 148 valence electrons. The molecule has 7 heteroatoms. The molecule has 0 amide bonds. The first-order valence-electron chi connectivity index (χ1n) is 9.21. The largest absolute Gasteiger partial charge is 0.340 e. The second-order valence-corrected chi connectivity index (χ2v) is 6.39. The molecule has 0 aliphatic heterocycles. The van der Waals surface area contributed by atoms with E-state index in [-0.39, 0.29) is 6.04 Å². The number of nitrogens with two attached hydrogens (primary N) is 1. The molecule has 0 bridgehead atoms. The number of rotatable bonds is 13. The second-order valence-electron chi connectivity index (χ2n) is 6.39. The van der Waals surface area contributed by atoms with Crippen molar-refractivity contribution in [2.75, 3.05) is 13.1 Å². The van der Waals surface area contributed by atoms with Crippen LogP contribution in [0.5, 0.6) is 11.5 Å². The van der Waals surface area contributed by atoms with Gasteiger partial charge in [-0.15, -0.1) is 0 Å². The van der Waals surface area contributed by atoms with Crippen LogP contribution in [0.4, 0.5) is 0 Å². The van der Waals surface area contributed by atoms with E-state index in [9.17, 15) is 0 Å². The Hall–Kier alpha value is -2.16. The highest BCUT2D eigenvalue weighted by atomic mass is 17.1. The molecular weight excluding hydrogens is 346 g/mol.